The van der Waals surface area contributed by atoms with Gasteiger partial charge in [0.1, 0.15) is 0 Å². The van der Waals surface area contributed by atoms with Crippen LogP contribution in [-0.2, 0) is 0 Å². The Morgan fingerprint density at radius 1 is 1.31 bits per heavy atom. The van der Waals surface area contributed by atoms with Gasteiger partial charge >= 0.3 is 0 Å². The van der Waals surface area contributed by atoms with Crippen molar-refractivity contribution in [2.24, 2.45) is 0 Å². The van der Waals surface area contributed by atoms with Gasteiger partial charge in [-0.05, 0) is 38.4 Å². The first-order valence-corrected chi connectivity index (χ1v) is 4.93. The van der Waals surface area contributed by atoms with E-state index in [1.54, 1.807) is 0 Å². The predicted octanol–water partition coefficient (Wildman–Crippen LogP) is 2.97. The van der Waals surface area contributed by atoms with E-state index in [0.29, 0.717) is 6.04 Å². The summed E-state index contributed by atoms with van der Waals surface area (Å²) in [5.41, 5.74) is 4.16. The maximum absolute atomic E-state index is 3.34. The first-order valence-electron chi connectivity index (χ1n) is 4.93. The van der Waals surface area contributed by atoms with Gasteiger partial charge in [-0.25, -0.2) is 0 Å². The summed E-state index contributed by atoms with van der Waals surface area (Å²) in [5, 5.41) is 3.34. The van der Waals surface area contributed by atoms with Crippen molar-refractivity contribution in [2.75, 3.05) is 7.05 Å². The zero-order valence-electron chi connectivity index (χ0n) is 9.02. The zero-order valence-corrected chi connectivity index (χ0v) is 9.02. The third-order valence-electron chi connectivity index (χ3n) is 2.57. The van der Waals surface area contributed by atoms with Crippen LogP contribution in [0.5, 0.6) is 0 Å². The summed E-state index contributed by atoms with van der Waals surface area (Å²) in [6, 6.07) is 7.14. The van der Waals surface area contributed by atoms with Crippen LogP contribution >= 0.6 is 0 Å². The van der Waals surface area contributed by atoms with E-state index in [0.717, 1.165) is 6.42 Å². The second-order valence-electron chi connectivity index (χ2n) is 3.61. The van der Waals surface area contributed by atoms with Crippen molar-refractivity contribution in [2.45, 2.75) is 33.2 Å². The van der Waals surface area contributed by atoms with E-state index < -0.39 is 0 Å². The van der Waals surface area contributed by atoms with Crippen molar-refractivity contribution >= 4 is 0 Å². The molecule has 1 rings (SSSR count). The van der Waals surface area contributed by atoms with Crippen molar-refractivity contribution < 1.29 is 0 Å². The van der Waals surface area contributed by atoms with Gasteiger partial charge in [0, 0.05) is 6.04 Å². The number of aryl methyl sites for hydroxylation is 2. The van der Waals surface area contributed by atoms with Crippen LogP contribution in [0.3, 0.4) is 0 Å². The van der Waals surface area contributed by atoms with Crippen molar-refractivity contribution in [1.82, 2.24) is 5.32 Å². The highest BCUT2D eigenvalue weighted by Gasteiger charge is 2.08. The molecule has 0 amide bonds. The lowest BCUT2D eigenvalue weighted by atomic mass is 9.97. The molecule has 0 bridgehead atoms. The van der Waals surface area contributed by atoms with Crippen LogP contribution in [0, 0.1) is 13.8 Å². The molecule has 72 valence electrons. The van der Waals surface area contributed by atoms with Crippen molar-refractivity contribution in [3.63, 3.8) is 0 Å². The second-order valence-corrected chi connectivity index (χ2v) is 3.61. The van der Waals surface area contributed by atoms with Crippen LogP contribution in [0.15, 0.2) is 18.2 Å². The Morgan fingerprint density at radius 2 is 2.00 bits per heavy atom. The molecule has 0 heterocycles. The minimum absolute atomic E-state index is 0.500. The average molecular weight is 177 g/mol. The van der Waals surface area contributed by atoms with Gasteiger partial charge in [-0.2, -0.15) is 0 Å². The van der Waals surface area contributed by atoms with Gasteiger partial charge in [-0.15, -0.1) is 0 Å². The first-order chi connectivity index (χ1) is 6.19. The zero-order chi connectivity index (χ0) is 9.84. The Kier molecular flexibility index (Phi) is 3.49. The third kappa shape index (κ3) is 2.31. The Hall–Kier alpha value is -0.820. The molecule has 0 aliphatic rings. The molecular formula is C12H19N. The number of benzene rings is 1. The van der Waals surface area contributed by atoms with Gasteiger partial charge in [0.15, 0.2) is 0 Å². The molecule has 1 N–H and O–H groups in total. The minimum atomic E-state index is 0.500. The molecule has 0 radical (unpaired) electrons. The van der Waals surface area contributed by atoms with Gasteiger partial charge in [-0.1, -0.05) is 30.7 Å². The van der Waals surface area contributed by atoms with E-state index in [4.69, 9.17) is 0 Å². The fourth-order valence-corrected chi connectivity index (χ4v) is 1.71. The number of rotatable bonds is 3. The number of nitrogens with one attached hydrogen (secondary N) is 1. The van der Waals surface area contributed by atoms with Crippen LogP contribution < -0.4 is 5.32 Å². The molecule has 0 aliphatic carbocycles. The van der Waals surface area contributed by atoms with Gasteiger partial charge in [0.05, 0.1) is 0 Å². The molecule has 0 aromatic heterocycles. The van der Waals surface area contributed by atoms with Crippen LogP contribution in [-0.4, -0.2) is 7.05 Å². The number of hydrogen-bond acceptors (Lipinski definition) is 1. The molecule has 13 heavy (non-hydrogen) atoms. The largest absolute Gasteiger partial charge is 0.313 e. The summed E-state index contributed by atoms with van der Waals surface area (Å²) < 4.78 is 0. The molecule has 0 spiro atoms. The predicted molar refractivity (Wildman–Crippen MR) is 58.0 cm³/mol. The van der Waals surface area contributed by atoms with Gasteiger partial charge < -0.3 is 5.32 Å². The monoisotopic (exact) mass is 177 g/mol. The summed E-state index contributed by atoms with van der Waals surface area (Å²) in [6.07, 6.45) is 1.14. The standard InChI is InChI=1S/C12H19N/c1-5-12(13-4)11-8-9(2)6-7-10(11)3/h6-8,12-13H,5H2,1-4H3/t12-/m1/s1. The fourth-order valence-electron chi connectivity index (χ4n) is 1.71. The summed E-state index contributed by atoms with van der Waals surface area (Å²) in [6.45, 7) is 6.53. The van der Waals surface area contributed by atoms with E-state index >= 15 is 0 Å². The Bertz CT molecular complexity index is 274. The molecule has 1 aromatic rings. The topological polar surface area (TPSA) is 12.0 Å². The van der Waals surface area contributed by atoms with Crippen LogP contribution in [0.2, 0.25) is 0 Å². The molecule has 1 nitrogen and oxygen atoms in total. The summed E-state index contributed by atoms with van der Waals surface area (Å²) >= 11 is 0. The van der Waals surface area contributed by atoms with Crippen LogP contribution in [0.4, 0.5) is 0 Å². The highest BCUT2D eigenvalue weighted by Crippen LogP contribution is 2.21. The fraction of sp³-hybridized carbons (Fsp3) is 0.500. The quantitative estimate of drug-likeness (QED) is 0.748. The van der Waals surface area contributed by atoms with E-state index in [-0.39, 0.29) is 0 Å². The molecule has 1 atom stereocenters. The van der Waals surface area contributed by atoms with Crippen LogP contribution in [0.25, 0.3) is 0 Å². The second kappa shape index (κ2) is 4.43. The lowest BCUT2D eigenvalue weighted by Crippen LogP contribution is -2.16. The lowest BCUT2D eigenvalue weighted by Gasteiger charge is -2.17. The molecule has 0 saturated carbocycles. The van der Waals surface area contributed by atoms with Crippen molar-refractivity contribution in [1.29, 1.82) is 0 Å². The third-order valence-corrected chi connectivity index (χ3v) is 2.57. The maximum Gasteiger partial charge on any atom is 0.0317 e. The normalized spacial score (nSPS) is 12.9. The van der Waals surface area contributed by atoms with Gasteiger partial charge in [0.25, 0.3) is 0 Å². The molecule has 0 aliphatic heterocycles. The SMILES string of the molecule is CC[C@@H](NC)c1cc(C)ccc1C. The summed E-state index contributed by atoms with van der Waals surface area (Å²) in [4.78, 5) is 0. The Balaban J connectivity index is 3.03. The van der Waals surface area contributed by atoms with E-state index in [9.17, 15) is 0 Å². The van der Waals surface area contributed by atoms with Gasteiger partial charge in [0.2, 0.25) is 0 Å². The van der Waals surface area contributed by atoms with Gasteiger partial charge in [-0.3, -0.25) is 0 Å². The highest BCUT2D eigenvalue weighted by atomic mass is 14.9. The number of hydrogen-bond donors (Lipinski definition) is 1. The minimum Gasteiger partial charge on any atom is -0.313 e. The molecule has 1 heteroatoms. The Morgan fingerprint density at radius 3 is 2.54 bits per heavy atom. The smallest absolute Gasteiger partial charge is 0.0317 e. The van der Waals surface area contributed by atoms with E-state index in [2.05, 4.69) is 44.3 Å². The molecule has 0 fully saturated rings. The molecule has 1 aromatic carbocycles. The molecule has 0 unspecified atom stereocenters. The summed E-state index contributed by atoms with van der Waals surface area (Å²) in [5.74, 6) is 0. The average Bonchev–Trinajstić information content (AvgIpc) is 2.13. The first kappa shape index (κ1) is 10.3. The van der Waals surface area contributed by atoms with E-state index in [1.165, 1.54) is 16.7 Å². The Labute approximate surface area is 81.2 Å². The lowest BCUT2D eigenvalue weighted by molar-refractivity contribution is 0.573. The van der Waals surface area contributed by atoms with Crippen molar-refractivity contribution in [3.05, 3.63) is 34.9 Å². The van der Waals surface area contributed by atoms with Crippen LogP contribution in [0.1, 0.15) is 36.1 Å². The van der Waals surface area contributed by atoms with E-state index in [1.807, 2.05) is 7.05 Å². The maximum atomic E-state index is 3.34. The molecule has 0 saturated heterocycles. The molecular weight excluding hydrogens is 158 g/mol. The highest BCUT2D eigenvalue weighted by molar-refractivity contribution is 5.32. The van der Waals surface area contributed by atoms with Crippen molar-refractivity contribution in [3.8, 4) is 0 Å². The summed E-state index contributed by atoms with van der Waals surface area (Å²) in [7, 11) is 2.02.